The monoisotopic (exact) mass is 220 g/mol. The largest absolute Gasteiger partial charge is 0.382 e. The number of amides is 1. The second-order valence-electron chi connectivity index (χ2n) is 3.51. The second-order valence-corrected chi connectivity index (χ2v) is 4.59. The number of nitrogens with zero attached hydrogens (tertiary/aromatic N) is 1. The number of fused-ring (bicyclic) bond motifs is 1. The summed E-state index contributed by atoms with van der Waals surface area (Å²) in [5.74, 6) is -0.0348. The van der Waals surface area contributed by atoms with Crippen molar-refractivity contribution in [3.8, 4) is 0 Å². The van der Waals surface area contributed by atoms with Gasteiger partial charge in [-0.05, 0) is 12.1 Å². The summed E-state index contributed by atoms with van der Waals surface area (Å²) in [6, 6.07) is 7.80. The van der Waals surface area contributed by atoms with Gasteiger partial charge in [0.1, 0.15) is 0 Å². The van der Waals surface area contributed by atoms with Crippen LogP contribution in [-0.4, -0.2) is 24.9 Å². The Kier molecular flexibility index (Phi) is 2.68. The smallest absolute Gasteiger partial charge is 0.263 e. The van der Waals surface area contributed by atoms with E-state index in [2.05, 4.69) is 5.32 Å². The van der Waals surface area contributed by atoms with Crippen LogP contribution in [0.2, 0.25) is 0 Å². The fraction of sp³-hybridized carbons (Fsp3) is 0.182. The molecule has 0 aromatic heterocycles. The molecule has 1 aliphatic heterocycles. The molecule has 0 unspecified atom stereocenters. The highest BCUT2D eigenvalue weighted by molar-refractivity contribution is 8.04. The Morgan fingerprint density at radius 3 is 2.80 bits per heavy atom. The van der Waals surface area contributed by atoms with Gasteiger partial charge < -0.3 is 10.2 Å². The minimum absolute atomic E-state index is 0.0348. The number of hydrogen-bond acceptors (Lipinski definition) is 3. The van der Waals surface area contributed by atoms with Crippen LogP contribution in [0.15, 0.2) is 40.3 Å². The van der Waals surface area contributed by atoms with Gasteiger partial charge in [-0.25, -0.2) is 0 Å². The molecule has 15 heavy (non-hydrogen) atoms. The molecule has 0 radical (unpaired) electrons. The van der Waals surface area contributed by atoms with Crippen molar-refractivity contribution in [3.05, 3.63) is 35.4 Å². The molecule has 1 amide bonds. The molecular weight excluding hydrogens is 208 g/mol. The minimum atomic E-state index is -0.0348. The van der Waals surface area contributed by atoms with Gasteiger partial charge in [0.2, 0.25) is 0 Å². The highest BCUT2D eigenvalue weighted by Gasteiger charge is 2.20. The predicted octanol–water partition coefficient (Wildman–Crippen LogP) is 2.13. The Labute approximate surface area is 93.2 Å². The third-order valence-electron chi connectivity index (χ3n) is 1.95. The van der Waals surface area contributed by atoms with E-state index in [1.807, 2.05) is 49.5 Å². The summed E-state index contributed by atoms with van der Waals surface area (Å²) in [4.78, 5) is 15.3. The summed E-state index contributed by atoms with van der Waals surface area (Å²) in [6.07, 6.45) is 1.83. The Morgan fingerprint density at radius 2 is 2.07 bits per heavy atom. The molecule has 0 fully saturated rings. The van der Waals surface area contributed by atoms with Gasteiger partial charge in [-0.1, -0.05) is 23.9 Å². The van der Waals surface area contributed by atoms with E-state index in [0.717, 1.165) is 15.5 Å². The molecule has 3 nitrogen and oxygen atoms in total. The van der Waals surface area contributed by atoms with Gasteiger partial charge in [-0.3, -0.25) is 4.79 Å². The van der Waals surface area contributed by atoms with Gasteiger partial charge in [0.25, 0.3) is 5.91 Å². The first-order chi connectivity index (χ1) is 7.16. The summed E-state index contributed by atoms with van der Waals surface area (Å²) in [5, 5.41) is 2.86. The maximum absolute atomic E-state index is 11.7. The fourth-order valence-electron chi connectivity index (χ4n) is 1.33. The molecule has 1 heterocycles. The number of anilines is 1. The number of carbonyl (C=O) groups is 1. The van der Waals surface area contributed by atoms with E-state index in [-0.39, 0.29) is 5.91 Å². The number of rotatable bonds is 1. The first-order valence-electron chi connectivity index (χ1n) is 4.63. The first-order valence-corrected chi connectivity index (χ1v) is 5.45. The lowest BCUT2D eigenvalue weighted by atomic mass is 10.3. The molecule has 1 N–H and O–H groups in total. The molecule has 0 saturated heterocycles. The third-order valence-corrected chi connectivity index (χ3v) is 3.04. The second kappa shape index (κ2) is 3.98. The molecule has 0 spiro atoms. The van der Waals surface area contributed by atoms with Crippen molar-refractivity contribution in [2.45, 2.75) is 4.90 Å². The van der Waals surface area contributed by atoms with Crippen molar-refractivity contribution in [3.63, 3.8) is 0 Å². The number of hydrogen-bond donors (Lipinski definition) is 1. The van der Waals surface area contributed by atoms with E-state index in [4.69, 9.17) is 0 Å². The van der Waals surface area contributed by atoms with Crippen molar-refractivity contribution in [1.82, 2.24) is 4.90 Å². The standard InChI is InChI=1S/C11H12N2OS/c1-13(2)7-10-11(14)12-8-5-3-4-6-9(8)15-10/h3-7H,1-2H3,(H,12,14)/b10-7-. The molecule has 0 aliphatic carbocycles. The van der Waals surface area contributed by atoms with E-state index in [1.165, 1.54) is 11.8 Å². The minimum Gasteiger partial charge on any atom is -0.382 e. The molecular formula is C11H12N2OS. The van der Waals surface area contributed by atoms with E-state index in [1.54, 1.807) is 0 Å². The third kappa shape index (κ3) is 2.15. The molecule has 4 heteroatoms. The van der Waals surface area contributed by atoms with Crippen molar-refractivity contribution in [2.75, 3.05) is 19.4 Å². The Balaban J connectivity index is 2.34. The maximum Gasteiger partial charge on any atom is 0.263 e. The zero-order valence-electron chi connectivity index (χ0n) is 8.65. The van der Waals surface area contributed by atoms with E-state index >= 15 is 0 Å². The zero-order chi connectivity index (χ0) is 10.8. The highest BCUT2D eigenvalue weighted by Crippen LogP contribution is 2.37. The normalized spacial score (nSPS) is 17.2. The van der Waals surface area contributed by atoms with E-state index in [9.17, 15) is 4.79 Å². The van der Waals surface area contributed by atoms with E-state index in [0.29, 0.717) is 0 Å². The Hall–Kier alpha value is -1.42. The number of nitrogens with one attached hydrogen (secondary N) is 1. The average Bonchev–Trinajstić information content (AvgIpc) is 2.18. The van der Waals surface area contributed by atoms with Crippen molar-refractivity contribution < 1.29 is 4.79 Å². The van der Waals surface area contributed by atoms with Crippen molar-refractivity contribution >= 4 is 23.4 Å². The van der Waals surface area contributed by atoms with Gasteiger partial charge in [-0.15, -0.1) is 0 Å². The van der Waals surface area contributed by atoms with Crippen molar-refractivity contribution in [2.24, 2.45) is 0 Å². The lowest BCUT2D eigenvalue weighted by molar-refractivity contribution is -0.112. The molecule has 78 valence electrons. The van der Waals surface area contributed by atoms with Gasteiger partial charge in [0.05, 0.1) is 10.6 Å². The van der Waals surface area contributed by atoms with Crippen molar-refractivity contribution in [1.29, 1.82) is 0 Å². The lowest BCUT2D eigenvalue weighted by Gasteiger charge is -2.19. The molecule has 2 rings (SSSR count). The lowest BCUT2D eigenvalue weighted by Crippen LogP contribution is -2.19. The topological polar surface area (TPSA) is 32.3 Å². The van der Waals surface area contributed by atoms with Crippen LogP contribution in [0.1, 0.15) is 0 Å². The number of benzene rings is 1. The number of carbonyl (C=O) groups excluding carboxylic acids is 1. The molecule has 1 aromatic rings. The van der Waals surface area contributed by atoms with E-state index < -0.39 is 0 Å². The van der Waals surface area contributed by atoms with Gasteiger partial charge in [-0.2, -0.15) is 0 Å². The van der Waals surface area contributed by atoms with Crippen LogP contribution in [0.3, 0.4) is 0 Å². The zero-order valence-corrected chi connectivity index (χ0v) is 9.47. The SMILES string of the molecule is CN(C)/C=C1\Sc2ccccc2NC1=O. The van der Waals surface area contributed by atoms with Crippen LogP contribution >= 0.6 is 11.8 Å². The van der Waals surface area contributed by atoms with Crippen LogP contribution in [0, 0.1) is 0 Å². The summed E-state index contributed by atoms with van der Waals surface area (Å²) >= 11 is 1.50. The fourth-order valence-corrected chi connectivity index (χ4v) is 2.35. The highest BCUT2D eigenvalue weighted by atomic mass is 32.2. The van der Waals surface area contributed by atoms with Gasteiger partial charge in [0.15, 0.2) is 0 Å². The molecule has 0 bridgehead atoms. The van der Waals surface area contributed by atoms with Gasteiger partial charge >= 0.3 is 0 Å². The molecule has 1 aliphatic rings. The molecule has 0 saturated carbocycles. The maximum atomic E-state index is 11.7. The quantitative estimate of drug-likeness (QED) is 0.736. The molecule has 0 atom stereocenters. The number of thioether (sulfide) groups is 1. The summed E-state index contributed by atoms with van der Waals surface area (Å²) in [5.41, 5.74) is 0.892. The van der Waals surface area contributed by atoms with Crippen LogP contribution in [-0.2, 0) is 4.79 Å². The van der Waals surface area contributed by atoms with Crippen LogP contribution in [0.25, 0.3) is 0 Å². The Bertz CT molecular complexity index is 426. The predicted molar refractivity (Wildman–Crippen MR) is 62.7 cm³/mol. The van der Waals surface area contributed by atoms with Gasteiger partial charge in [0, 0.05) is 25.2 Å². The first kappa shape index (κ1) is 10.1. The summed E-state index contributed by atoms with van der Waals surface area (Å²) < 4.78 is 0. The Morgan fingerprint density at radius 1 is 1.33 bits per heavy atom. The van der Waals surface area contributed by atoms with Crippen LogP contribution in [0.5, 0.6) is 0 Å². The van der Waals surface area contributed by atoms with Crippen LogP contribution in [0.4, 0.5) is 5.69 Å². The number of para-hydroxylation sites is 1. The van der Waals surface area contributed by atoms with Crippen LogP contribution < -0.4 is 5.32 Å². The summed E-state index contributed by atoms with van der Waals surface area (Å²) in [7, 11) is 3.81. The summed E-state index contributed by atoms with van der Waals surface area (Å²) in [6.45, 7) is 0. The average molecular weight is 220 g/mol. The molecule has 1 aromatic carbocycles.